The minimum absolute atomic E-state index is 0.125. The second kappa shape index (κ2) is 6.60. The van der Waals surface area contributed by atoms with E-state index < -0.39 is 10.0 Å². The lowest BCUT2D eigenvalue weighted by atomic mass is 10.1. The second-order valence-corrected chi connectivity index (χ2v) is 7.39. The van der Waals surface area contributed by atoms with Gasteiger partial charge >= 0.3 is 0 Å². The predicted octanol–water partition coefficient (Wildman–Crippen LogP) is 3.30. The minimum atomic E-state index is -3.79. The lowest BCUT2D eigenvalue weighted by Gasteiger charge is -2.15. The molecule has 0 aliphatic heterocycles. The number of hydrogen-bond acceptors (Lipinski definition) is 4. The van der Waals surface area contributed by atoms with Crippen molar-refractivity contribution in [2.45, 2.75) is 18.7 Å². The normalized spacial score (nSPS) is 11.3. The van der Waals surface area contributed by atoms with Crippen LogP contribution in [0.4, 0.5) is 5.69 Å². The van der Waals surface area contributed by atoms with Gasteiger partial charge in [0.05, 0.1) is 19.1 Å². The van der Waals surface area contributed by atoms with Gasteiger partial charge in [-0.1, -0.05) is 12.1 Å². The van der Waals surface area contributed by atoms with Crippen molar-refractivity contribution >= 4 is 15.7 Å². The number of methoxy groups -OCH3 is 1. The van der Waals surface area contributed by atoms with E-state index in [1.165, 1.54) is 7.11 Å². The summed E-state index contributed by atoms with van der Waals surface area (Å²) in [5, 5.41) is 0. The smallest absolute Gasteiger partial charge is 0.265 e. The molecule has 6 nitrogen and oxygen atoms in total. The van der Waals surface area contributed by atoms with Gasteiger partial charge in [0.1, 0.15) is 10.6 Å². The van der Waals surface area contributed by atoms with Gasteiger partial charge in [0, 0.05) is 18.1 Å². The van der Waals surface area contributed by atoms with Gasteiger partial charge in [-0.25, -0.2) is 13.4 Å². The molecule has 2 aromatic carbocycles. The molecule has 0 aliphatic carbocycles. The molecule has 3 rings (SSSR count). The first kappa shape index (κ1) is 17.0. The van der Waals surface area contributed by atoms with Gasteiger partial charge in [0.25, 0.3) is 10.0 Å². The van der Waals surface area contributed by atoms with E-state index >= 15 is 0 Å². The van der Waals surface area contributed by atoms with Gasteiger partial charge in [-0.2, -0.15) is 0 Å². The first-order valence-corrected chi connectivity index (χ1v) is 9.15. The fraction of sp³-hybridized carbons (Fsp3) is 0.167. The van der Waals surface area contributed by atoms with Crippen LogP contribution in [0.3, 0.4) is 0 Å². The molecular weight excluding hydrogens is 338 g/mol. The van der Waals surface area contributed by atoms with Crippen molar-refractivity contribution in [1.82, 2.24) is 9.55 Å². The van der Waals surface area contributed by atoms with Crippen LogP contribution in [0.2, 0.25) is 0 Å². The largest absolute Gasteiger partial charge is 0.495 e. The van der Waals surface area contributed by atoms with Crippen LogP contribution in [-0.2, 0) is 10.0 Å². The summed E-state index contributed by atoms with van der Waals surface area (Å²) in [6, 6.07) is 10.6. The molecule has 0 amide bonds. The van der Waals surface area contributed by atoms with Crippen molar-refractivity contribution in [2.24, 2.45) is 0 Å². The highest BCUT2D eigenvalue weighted by atomic mass is 32.2. The second-order valence-electron chi connectivity index (χ2n) is 5.74. The molecule has 0 bridgehead atoms. The van der Waals surface area contributed by atoms with Gasteiger partial charge in [0.2, 0.25) is 0 Å². The van der Waals surface area contributed by atoms with E-state index in [2.05, 4.69) is 9.71 Å². The third-order valence-electron chi connectivity index (χ3n) is 3.78. The van der Waals surface area contributed by atoms with Gasteiger partial charge in [-0.3, -0.25) is 4.72 Å². The summed E-state index contributed by atoms with van der Waals surface area (Å²) in [4.78, 5) is 4.13. The zero-order valence-corrected chi connectivity index (χ0v) is 15.0. The number of aromatic nitrogens is 2. The predicted molar refractivity (Wildman–Crippen MR) is 96.8 cm³/mol. The van der Waals surface area contributed by atoms with Crippen LogP contribution in [-0.4, -0.2) is 25.1 Å². The highest BCUT2D eigenvalue weighted by Gasteiger charge is 2.22. The summed E-state index contributed by atoms with van der Waals surface area (Å²) in [5.41, 5.74) is 2.90. The molecule has 0 unspecified atom stereocenters. The molecule has 0 saturated heterocycles. The summed E-state index contributed by atoms with van der Waals surface area (Å²) in [6.07, 6.45) is 5.11. The maximum atomic E-state index is 12.9. The molecule has 0 atom stereocenters. The summed E-state index contributed by atoms with van der Waals surface area (Å²) in [7, 11) is -2.32. The van der Waals surface area contributed by atoms with Gasteiger partial charge in [-0.15, -0.1) is 0 Å². The number of rotatable bonds is 5. The van der Waals surface area contributed by atoms with Crippen LogP contribution < -0.4 is 9.46 Å². The molecule has 0 radical (unpaired) electrons. The topological polar surface area (TPSA) is 73.2 Å². The summed E-state index contributed by atoms with van der Waals surface area (Å²) < 4.78 is 35.5. The standard InChI is InChI=1S/C18H19N3O3S/c1-13-9-14(2)18(24-3)17(10-13)25(22,23)20-15-5-4-6-16(11-15)21-8-7-19-12-21/h4-12,20H,1-3H3. The van der Waals surface area contributed by atoms with Crippen molar-refractivity contribution in [2.75, 3.05) is 11.8 Å². The highest BCUT2D eigenvalue weighted by Crippen LogP contribution is 2.30. The van der Waals surface area contributed by atoms with Crippen molar-refractivity contribution in [3.8, 4) is 11.4 Å². The lowest BCUT2D eigenvalue weighted by Crippen LogP contribution is -2.15. The fourth-order valence-corrected chi connectivity index (χ4v) is 4.11. The first-order valence-electron chi connectivity index (χ1n) is 7.67. The molecule has 7 heteroatoms. The average molecular weight is 357 g/mol. The van der Waals surface area contributed by atoms with E-state index in [1.807, 2.05) is 26.0 Å². The fourth-order valence-electron chi connectivity index (χ4n) is 2.73. The SMILES string of the molecule is COc1c(C)cc(C)cc1S(=O)(=O)Nc1cccc(-n2ccnc2)c1. The third kappa shape index (κ3) is 3.51. The molecule has 1 N–H and O–H groups in total. The van der Waals surface area contributed by atoms with E-state index in [4.69, 9.17) is 4.74 Å². The zero-order chi connectivity index (χ0) is 18.0. The molecule has 0 spiro atoms. The number of sulfonamides is 1. The lowest BCUT2D eigenvalue weighted by molar-refractivity contribution is 0.399. The van der Waals surface area contributed by atoms with Crippen LogP contribution in [0.1, 0.15) is 11.1 Å². The highest BCUT2D eigenvalue weighted by molar-refractivity contribution is 7.92. The Morgan fingerprint density at radius 2 is 1.96 bits per heavy atom. The third-order valence-corrected chi connectivity index (χ3v) is 5.17. The molecule has 130 valence electrons. The molecule has 0 saturated carbocycles. The number of ether oxygens (including phenoxy) is 1. The minimum Gasteiger partial charge on any atom is -0.495 e. The Balaban J connectivity index is 1.99. The maximum Gasteiger partial charge on any atom is 0.265 e. The molecule has 1 aromatic heterocycles. The molecule has 0 fully saturated rings. The van der Waals surface area contributed by atoms with Crippen molar-refractivity contribution in [3.63, 3.8) is 0 Å². The van der Waals surface area contributed by atoms with Crippen LogP contribution >= 0.6 is 0 Å². The van der Waals surface area contributed by atoms with E-state index in [0.717, 1.165) is 16.8 Å². The molecule has 1 heterocycles. The van der Waals surface area contributed by atoms with Crippen LogP contribution in [0.15, 0.2) is 60.0 Å². The number of anilines is 1. The van der Waals surface area contributed by atoms with Crippen LogP contribution in [0.5, 0.6) is 5.75 Å². The quantitative estimate of drug-likeness (QED) is 0.760. The summed E-state index contributed by atoms with van der Waals surface area (Å²) in [6.45, 7) is 3.68. The van der Waals surface area contributed by atoms with Crippen LogP contribution in [0.25, 0.3) is 5.69 Å². The Morgan fingerprint density at radius 1 is 1.16 bits per heavy atom. The zero-order valence-electron chi connectivity index (χ0n) is 14.2. The summed E-state index contributed by atoms with van der Waals surface area (Å²) in [5.74, 6) is 0.351. The maximum absolute atomic E-state index is 12.9. The monoisotopic (exact) mass is 357 g/mol. The van der Waals surface area contributed by atoms with E-state index in [9.17, 15) is 8.42 Å². The molecule has 25 heavy (non-hydrogen) atoms. The van der Waals surface area contributed by atoms with Crippen molar-refractivity contribution in [3.05, 3.63) is 66.2 Å². The van der Waals surface area contributed by atoms with Gasteiger partial charge < -0.3 is 9.30 Å². The number of aryl methyl sites for hydroxylation is 2. The Bertz CT molecular complexity index is 996. The van der Waals surface area contributed by atoms with Gasteiger partial charge in [-0.05, 0) is 49.2 Å². The van der Waals surface area contributed by atoms with E-state index in [1.54, 1.807) is 47.6 Å². The number of imidazole rings is 1. The Morgan fingerprint density at radius 3 is 2.64 bits per heavy atom. The number of nitrogens with one attached hydrogen (secondary N) is 1. The molecular formula is C18H19N3O3S. The van der Waals surface area contributed by atoms with Gasteiger partial charge in [0.15, 0.2) is 0 Å². The summed E-state index contributed by atoms with van der Waals surface area (Å²) >= 11 is 0. The van der Waals surface area contributed by atoms with E-state index in [-0.39, 0.29) is 4.90 Å². The number of benzene rings is 2. The Hall–Kier alpha value is -2.80. The Labute approximate surface area is 147 Å². The van der Waals surface area contributed by atoms with Crippen molar-refractivity contribution in [1.29, 1.82) is 0 Å². The van der Waals surface area contributed by atoms with Crippen molar-refractivity contribution < 1.29 is 13.2 Å². The van der Waals surface area contributed by atoms with Crippen LogP contribution in [0, 0.1) is 13.8 Å². The molecule has 3 aromatic rings. The Kier molecular flexibility index (Phi) is 4.50. The first-order chi connectivity index (χ1) is 11.9. The molecule has 0 aliphatic rings. The average Bonchev–Trinajstić information content (AvgIpc) is 3.08. The van der Waals surface area contributed by atoms with E-state index in [0.29, 0.717) is 11.4 Å². The number of nitrogens with zero attached hydrogens (tertiary/aromatic N) is 2. The number of hydrogen-bond donors (Lipinski definition) is 1.